The molecule has 0 amide bonds. The minimum atomic E-state index is -0.423. The van der Waals surface area contributed by atoms with Crippen LogP contribution < -0.4 is 0 Å². The zero-order chi connectivity index (χ0) is 12.3. The maximum atomic E-state index is 13.4. The van der Waals surface area contributed by atoms with Gasteiger partial charge in [0.2, 0.25) is 0 Å². The quantitative estimate of drug-likeness (QED) is 0.704. The molecule has 0 radical (unpaired) electrons. The number of Topliss-reactive ketones (excluding diaryl/α,β-unsaturated/α-hetero) is 1. The first-order chi connectivity index (χ1) is 7.32. The van der Waals surface area contributed by atoms with E-state index in [0.717, 1.165) is 0 Å². The van der Waals surface area contributed by atoms with Crippen LogP contribution in [0.1, 0.15) is 44.5 Å². The van der Waals surface area contributed by atoms with Crippen LogP contribution in [0.3, 0.4) is 0 Å². The van der Waals surface area contributed by atoms with E-state index >= 15 is 0 Å². The second-order valence-electron chi connectivity index (χ2n) is 5.37. The molecule has 1 aromatic carbocycles. The highest BCUT2D eigenvalue weighted by Crippen LogP contribution is 2.29. The fraction of sp³-hybridized carbons (Fsp3) is 0.500. The summed E-state index contributed by atoms with van der Waals surface area (Å²) in [6.45, 7) is 8.30. The Morgan fingerprint density at radius 1 is 1.31 bits per heavy atom. The van der Waals surface area contributed by atoms with Gasteiger partial charge >= 0.3 is 0 Å². The summed E-state index contributed by atoms with van der Waals surface area (Å²) in [5.74, 6) is -0.297. The van der Waals surface area contributed by atoms with Crippen LogP contribution in [0.5, 0.6) is 0 Å². The van der Waals surface area contributed by atoms with Crippen molar-refractivity contribution in [2.75, 3.05) is 0 Å². The van der Waals surface area contributed by atoms with Crippen molar-refractivity contribution in [3.63, 3.8) is 0 Å². The Morgan fingerprint density at radius 3 is 2.38 bits per heavy atom. The number of ketones is 1. The fourth-order valence-corrected chi connectivity index (χ4v) is 1.38. The Balaban J connectivity index is 2.78. The van der Waals surface area contributed by atoms with E-state index in [1.807, 2.05) is 6.92 Å². The van der Waals surface area contributed by atoms with E-state index in [9.17, 15) is 9.18 Å². The molecule has 1 atom stereocenters. The fourth-order valence-electron chi connectivity index (χ4n) is 1.38. The molecule has 0 spiro atoms. The van der Waals surface area contributed by atoms with Crippen molar-refractivity contribution in [2.45, 2.75) is 34.1 Å². The van der Waals surface area contributed by atoms with Gasteiger partial charge < -0.3 is 0 Å². The molecule has 0 aromatic heterocycles. The Morgan fingerprint density at radius 2 is 1.88 bits per heavy atom. The standard InChI is InChI=1S/C14H19FO/c1-10(14(2,3)4)9-13(16)11-7-5-6-8-12(11)15/h5-8,10H,9H2,1-4H3. The SMILES string of the molecule is CC(CC(=O)c1ccccc1F)C(C)(C)C. The lowest BCUT2D eigenvalue weighted by Crippen LogP contribution is -2.21. The van der Waals surface area contributed by atoms with Gasteiger partial charge in [-0.3, -0.25) is 4.79 Å². The van der Waals surface area contributed by atoms with Gasteiger partial charge in [-0.05, 0) is 23.5 Å². The highest BCUT2D eigenvalue weighted by atomic mass is 19.1. The molecule has 0 aliphatic heterocycles. The Kier molecular flexibility index (Phi) is 3.84. The summed E-state index contributed by atoms with van der Waals surface area (Å²) in [6, 6.07) is 6.17. The first-order valence-electron chi connectivity index (χ1n) is 5.60. The maximum Gasteiger partial charge on any atom is 0.166 e. The number of carbonyl (C=O) groups is 1. The zero-order valence-electron chi connectivity index (χ0n) is 10.4. The first-order valence-corrected chi connectivity index (χ1v) is 5.60. The van der Waals surface area contributed by atoms with Crippen molar-refractivity contribution in [3.05, 3.63) is 35.6 Å². The molecular formula is C14H19FO. The van der Waals surface area contributed by atoms with Crippen LogP contribution in [-0.2, 0) is 0 Å². The number of rotatable bonds is 3. The number of benzene rings is 1. The summed E-state index contributed by atoms with van der Waals surface area (Å²) < 4.78 is 13.4. The zero-order valence-corrected chi connectivity index (χ0v) is 10.4. The van der Waals surface area contributed by atoms with Gasteiger partial charge in [-0.2, -0.15) is 0 Å². The molecule has 88 valence electrons. The van der Waals surface area contributed by atoms with Gasteiger partial charge in [-0.1, -0.05) is 39.8 Å². The molecule has 2 heteroatoms. The smallest absolute Gasteiger partial charge is 0.166 e. The minimum Gasteiger partial charge on any atom is -0.294 e. The molecule has 0 aliphatic carbocycles. The predicted octanol–water partition coefficient (Wildman–Crippen LogP) is 4.08. The van der Waals surface area contributed by atoms with Crippen LogP contribution in [0.2, 0.25) is 0 Å². The monoisotopic (exact) mass is 222 g/mol. The third-order valence-electron chi connectivity index (χ3n) is 3.14. The van der Waals surface area contributed by atoms with Gasteiger partial charge in [0.25, 0.3) is 0 Å². The van der Waals surface area contributed by atoms with E-state index in [4.69, 9.17) is 0 Å². The van der Waals surface area contributed by atoms with Gasteiger partial charge in [0, 0.05) is 6.42 Å². The van der Waals surface area contributed by atoms with Gasteiger partial charge in [-0.25, -0.2) is 4.39 Å². The second kappa shape index (κ2) is 4.77. The molecule has 0 aliphatic rings. The van der Waals surface area contributed by atoms with Crippen molar-refractivity contribution in [1.82, 2.24) is 0 Å². The van der Waals surface area contributed by atoms with E-state index in [1.165, 1.54) is 6.07 Å². The minimum absolute atomic E-state index is 0.0704. The second-order valence-corrected chi connectivity index (χ2v) is 5.37. The van der Waals surface area contributed by atoms with Crippen molar-refractivity contribution < 1.29 is 9.18 Å². The first kappa shape index (κ1) is 12.9. The molecule has 16 heavy (non-hydrogen) atoms. The Hall–Kier alpha value is -1.18. The summed E-state index contributed by atoms with van der Waals surface area (Å²) in [6.07, 6.45) is 0.393. The topological polar surface area (TPSA) is 17.1 Å². The molecule has 0 N–H and O–H groups in total. The van der Waals surface area contributed by atoms with Gasteiger partial charge in [0.05, 0.1) is 5.56 Å². The number of hydrogen-bond acceptors (Lipinski definition) is 1. The molecule has 0 saturated heterocycles. The molecule has 0 fully saturated rings. The lowest BCUT2D eigenvalue weighted by atomic mass is 9.78. The van der Waals surface area contributed by atoms with Crippen molar-refractivity contribution >= 4 is 5.78 Å². The van der Waals surface area contributed by atoms with Crippen LogP contribution in [-0.4, -0.2) is 5.78 Å². The van der Waals surface area contributed by atoms with Crippen molar-refractivity contribution in [1.29, 1.82) is 0 Å². The van der Waals surface area contributed by atoms with Crippen LogP contribution >= 0.6 is 0 Å². The Labute approximate surface area is 96.7 Å². The summed E-state index contributed by atoms with van der Waals surface area (Å²) in [5.41, 5.74) is 0.277. The van der Waals surface area contributed by atoms with Gasteiger partial charge in [-0.15, -0.1) is 0 Å². The molecule has 1 rings (SSSR count). The van der Waals surface area contributed by atoms with Crippen LogP contribution in [0.25, 0.3) is 0 Å². The highest BCUT2D eigenvalue weighted by molar-refractivity contribution is 5.96. The van der Waals surface area contributed by atoms with Crippen LogP contribution in [0.15, 0.2) is 24.3 Å². The van der Waals surface area contributed by atoms with E-state index in [2.05, 4.69) is 20.8 Å². The predicted molar refractivity (Wildman–Crippen MR) is 64.0 cm³/mol. The van der Waals surface area contributed by atoms with E-state index in [0.29, 0.717) is 6.42 Å². The molecule has 0 saturated carbocycles. The number of hydrogen-bond donors (Lipinski definition) is 0. The summed E-state index contributed by atoms with van der Waals surface area (Å²) in [4.78, 5) is 11.9. The van der Waals surface area contributed by atoms with Gasteiger partial charge in [0.15, 0.2) is 5.78 Å². The third-order valence-corrected chi connectivity index (χ3v) is 3.14. The largest absolute Gasteiger partial charge is 0.294 e. The van der Waals surface area contributed by atoms with Crippen molar-refractivity contribution in [3.8, 4) is 0 Å². The highest BCUT2D eigenvalue weighted by Gasteiger charge is 2.23. The average Bonchev–Trinajstić information content (AvgIpc) is 2.16. The average molecular weight is 222 g/mol. The van der Waals surface area contributed by atoms with Crippen LogP contribution in [0.4, 0.5) is 4.39 Å². The van der Waals surface area contributed by atoms with Crippen LogP contribution in [0, 0.1) is 17.2 Å². The lowest BCUT2D eigenvalue weighted by Gasteiger charge is -2.26. The summed E-state index contributed by atoms with van der Waals surface area (Å²) >= 11 is 0. The molecule has 1 unspecified atom stereocenters. The van der Waals surface area contributed by atoms with Crippen molar-refractivity contribution in [2.24, 2.45) is 11.3 Å². The molecule has 0 heterocycles. The summed E-state index contributed by atoms with van der Waals surface area (Å²) in [5, 5.41) is 0. The Bertz CT molecular complexity index is 377. The molecule has 0 bridgehead atoms. The van der Waals surface area contributed by atoms with E-state index in [-0.39, 0.29) is 22.7 Å². The maximum absolute atomic E-state index is 13.4. The number of carbonyl (C=O) groups excluding carboxylic acids is 1. The molecule has 1 nitrogen and oxygen atoms in total. The summed E-state index contributed by atoms with van der Waals surface area (Å²) in [7, 11) is 0. The molecule has 1 aromatic rings. The number of halogens is 1. The van der Waals surface area contributed by atoms with E-state index in [1.54, 1.807) is 18.2 Å². The lowest BCUT2D eigenvalue weighted by molar-refractivity contribution is 0.0923. The third kappa shape index (κ3) is 3.16. The normalized spacial score (nSPS) is 13.6. The van der Waals surface area contributed by atoms with Gasteiger partial charge in [0.1, 0.15) is 5.82 Å². The molecular weight excluding hydrogens is 203 g/mol. The van der Waals surface area contributed by atoms with E-state index < -0.39 is 5.82 Å².